The quantitative estimate of drug-likeness (QED) is 0.868. The third-order valence-corrected chi connectivity index (χ3v) is 4.65. The van der Waals surface area contributed by atoms with Gasteiger partial charge in [-0.25, -0.2) is 4.79 Å². The van der Waals surface area contributed by atoms with E-state index in [1.54, 1.807) is 4.90 Å². The highest BCUT2D eigenvalue weighted by Gasteiger charge is 2.28. The summed E-state index contributed by atoms with van der Waals surface area (Å²) in [7, 11) is 0. The molecule has 1 atom stereocenters. The first-order valence-corrected chi connectivity index (χ1v) is 9.15. The van der Waals surface area contributed by atoms with Gasteiger partial charge in [0.15, 0.2) is 0 Å². The number of nitrogens with one attached hydrogen (secondary N) is 2. The summed E-state index contributed by atoms with van der Waals surface area (Å²) in [6.07, 6.45) is 2.46. The van der Waals surface area contributed by atoms with Crippen LogP contribution in [0.2, 0.25) is 0 Å². The second-order valence-electron chi connectivity index (χ2n) is 6.61. The Morgan fingerprint density at radius 2 is 1.69 bits per heavy atom. The van der Waals surface area contributed by atoms with Crippen LogP contribution in [0.15, 0.2) is 60.7 Å². The number of carbonyl (C=O) groups excluding carboxylic acids is 2. The summed E-state index contributed by atoms with van der Waals surface area (Å²) in [6.45, 7) is 1.77. The molecule has 0 aliphatic carbocycles. The molecule has 26 heavy (non-hydrogen) atoms. The molecule has 5 heteroatoms. The largest absolute Gasteiger partial charge is 0.338 e. The molecular formula is C21H25N3O2. The molecule has 0 bridgehead atoms. The van der Waals surface area contributed by atoms with Crippen LogP contribution in [-0.2, 0) is 11.2 Å². The van der Waals surface area contributed by atoms with Gasteiger partial charge in [0.05, 0.1) is 5.92 Å². The minimum Gasteiger partial charge on any atom is -0.338 e. The molecule has 3 rings (SSSR count). The molecule has 1 unspecified atom stereocenters. The SMILES string of the molecule is O=C(Nc1ccccc1)C1CCCN(C(=O)NCCc2ccccc2)C1. The minimum atomic E-state index is -0.163. The first-order valence-electron chi connectivity index (χ1n) is 9.15. The molecule has 1 aliphatic rings. The maximum Gasteiger partial charge on any atom is 0.317 e. The number of hydrogen-bond donors (Lipinski definition) is 2. The number of para-hydroxylation sites is 1. The molecule has 5 nitrogen and oxygen atoms in total. The molecule has 0 aromatic heterocycles. The van der Waals surface area contributed by atoms with Crippen LogP contribution in [0.1, 0.15) is 18.4 Å². The average molecular weight is 351 g/mol. The van der Waals surface area contributed by atoms with E-state index in [9.17, 15) is 9.59 Å². The zero-order chi connectivity index (χ0) is 18.2. The van der Waals surface area contributed by atoms with Crippen LogP contribution in [0.4, 0.5) is 10.5 Å². The lowest BCUT2D eigenvalue weighted by Crippen LogP contribution is -2.48. The van der Waals surface area contributed by atoms with Gasteiger partial charge in [-0.05, 0) is 37.0 Å². The zero-order valence-corrected chi connectivity index (χ0v) is 14.9. The van der Waals surface area contributed by atoms with Gasteiger partial charge in [0.1, 0.15) is 0 Å². The molecule has 2 N–H and O–H groups in total. The third-order valence-electron chi connectivity index (χ3n) is 4.65. The minimum absolute atomic E-state index is 0.0158. The van der Waals surface area contributed by atoms with Gasteiger partial charge in [-0.15, -0.1) is 0 Å². The monoisotopic (exact) mass is 351 g/mol. The van der Waals surface area contributed by atoms with Gasteiger partial charge in [0.2, 0.25) is 5.91 Å². The van der Waals surface area contributed by atoms with Crippen molar-refractivity contribution < 1.29 is 9.59 Å². The summed E-state index contributed by atoms with van der Waals surface area (Å²) >= 11 is 0. The van der Waals surface area contributed by atoms with E-state index in [2.05, 4.69) is 22.8 Å². The summed E-state index contributed by atoms with van der Waals surface area (Å²) in [6, 6.07) is 19.4. The Hall–Kier alpha value is -2.82. The fourth-order valence-electron chi connectivity index (χ4n) is 3.21. The van der Waals surface area contributed by atoms with Crippen molar-refractivity contribution in [1.82, 2.24) is 10.2 Å². The molecule has 1 heterocycles. The second kappa shape index (κ2) is 9.04. The van der Waals surface area contributed by atoms with Gasteiger partial charge in [0.25, 0.3) is 0 Å². The van der Waals surface area contributed by atoms with Gasteiger partial charge in [0, 0.05) is 25.3 Å². The Kier molecular flexibility index (Phi) is 6.25. The molecule has 1 fully saturated rings. The van der Waals surface area contributed by atoms with Gasteiger partial charge in [-0.1, -0.05) is 48.5 Å². The first kappa shape index (κ1) is 18.0. The van der Waals surface area contributed by atoms with E-state index in [-0.39, 0.29) is 17.9 Å². The fraction of sp³-hybridized carbons (Fsp3) is 0.333. The molecule has 1 aliphatic heterocycles. The number of piperidine rings is 1. The first-order chi connectivity index (χ1) is 12.7. The van der Waals surface area contributed by atoms with Crippen LogP contribution in [0, 0.1) is 5.92 Å². The lowest BCUT2D eigenvalue weighted by Gasteiger charge is -2.32. The molecule has 0 spiro atoms. The van der Waals surface area contributed by atoms with Gasteiger partial charge >= 0.3 is 6.03 Å². The maximum absolute atomic E-state index is 12.5. The highest BCUT2D eigenvalue weighted by atomic mass is 16.2. The smallest absolute Gasteiger partial charge is 0.317 e. The maximum atomic E-state index is 12.5. The van der Waals surface area contributed by atoms with Crippen molar-refractivity contribution in [3.8, 4) is 0 Å². The van der Waals surface area contributed by atoms with E-state index in [1.807, 2.05) is 48.5 Å². The average Bonchev–Trinajstić information content (AvgIpc) is 2.69. The van der Waals surface area contributed by atoms with Crippen molar-refractivity contribution in [2.45, 2.75) is 19.3 Å². The van der Waals surface area contributed by atoms with E-state index in [0.717, 1.165) is 24.9 Å². The highest BCUT2D eigenvalue weighted by molar-refractivity contribution is 5.93. The number of benzene rings is 2. The number of likely N-dealkylation sites (tertiary alicyclic amines) is 1. The topological polar surface area (TPSA) is 61.4 Å². The van der Waals surface area contributed by atoms with Gasteiger partial charge in [-0.2, -0.15) is 0 Å². The predicted octanol–water partition coefficient (Wildman–Crippen LogP) is 3.29. The van der Waals surface area contributed by atoms with Crippen molar-refractivity contribution in [2.75, 3.05) is 25.0 Å². The van der Waals surface area contributed by atoms with Crippen molar-refractivity contribution in [3.05, 3.63) is 66.2 Å². The van der Waals surface area contributed by atoms with Gasteiger partial charge < -0.3 is 15.5 Å². The van der Waals surface area contributed by atoms with E-state index in [0.29, 0.717) is 19.6 Å². The third kappa shape index (κ3) is 5.09. The Bertz CT molecular complexity index is 719. The van der Waals surface area contributed by atoms with Crippen LogP contribution >= 0.6 is 0 Å². The molecule has 136 valence electrons. The van der Waals surface area contributed by atoms with Crippen molar-refractivity contribution >= 4 is 17.6 Å². The highest BCUT2D eigenvalue weighted by Crippen LogP contribution is 2.19. The van der Waals surface area contributed by atoms with Crippen LogP contribution in [0.3, 0.4) is 0 Å². The number of carbonyl (C=O) groups is 2. The Balaban J connectivity index is 1.46. The van der Waals surface area contributed by atoms with E-state index < -0.39 is 0 Å². The molecule has 2 aromatic carbocycles. The Morgan fingerprint density at radius 3 is 2.42 bits per heavy atom. The molecule has 0 saturated carbocycles. The predicted molar refractivity (Wildman–Crippen MR) is 103 cm³/mol. The zero-order valence-electron chi connectivity index (χ0n) is 14.9. The molecule has 2 aromatic rings. The molecular weight excluding hydrogens is 326 g/mol. The number of amides is 3. The Morgan fingerprint density at radius 1 is 1.00 bits per heavy atom. The van der Waals surface area contributed by atoms with Crippen molar-refractivity contribution in [1.29, 1.82) is 0 Å². The van der Waals surface area contributed by atoms with Crippen LogP contribution in [0.5, 0.6) is 0 Å². The second-order valence-corrected chi connectivity index (χ2v) is 6.61. The Labute approximate surface area is 154 Å². The summed E-state index contributed by atoms with van der Waals surface area (Å²) in [4.78, 5) is 26.6. The number of rotatable bonds is 5. The fourth-order valence-corrected chi connectivity index (χ4v) is 3.21. The number of anilines is 1. The summed E-state index contributed by atoms with van der Waals surface area (Å²) < 4.78 is 0. The van der Waals surface area contributed by atoms with Crippen molar-refractivity contribution in [3.63, 3.8) is 0 Å². The van der Waals surface area contributed by atoms with Crippen LogP contribution in [-0.4, -0.2) is 36.5 Å². The lowest BCUT2D eigenvalue weighted by molar-refractivity contribution is -0.121. The van der Waals surface area contributed by atoms with Crippen LogP contribution in [0.25, 0.3) is 0 Å². The summed E-state index contributed by atoms with van der Waals surface area (Å²) in [5.74, 6) is -0.179. The van der Waals surface area contributed by atoms with Crippen LogP contribution < -0.4 is 10.6 Å². The summed E-state index contributed by atoms with van der Waals surface area (Å²) in [5, 5.41) is 5.90. The molecule has 0 radical (unpaired) electrons. The summed E-state index contributed by atoms with van der Waals surface area (Å²) in [5.41, 5.74) is 1.99. The van der Waals surface area contributed by atoms with Gasteiger partial charge in [-0.3, -0.25) is 4.79 Å². The number of nitrogens with zero attached hydrogens (tertiary/aromatic N) is 1. The normalized spacial score (nSPS) is 16.8. The number of urea groups is 1. The van der Waals surface area contributed by atoms with E-state index in [1.165, 1.54) is 5.56 Å². The van der Waals surface area contributed by atoms with Crippen molar-refractivity contribution in [2.24, 2.45) is 5.92 Å². The standard InChI is InChI=1S/C21H25N3O2/c25-20(23-19-11-5-2-6-12-19)18-10-7-15-24(16-18)21(26)22-14-13-17-8-3-1-4-9-17/h1-6,8-9,11-12,18H,7,10,13-16H2,(H,22,26)(H,23,25). The molecule has 3 amide bonds. The van der Waals surface area contributed by atoms with E-state index >= 15 is 0 Å². The lowest BCUT2D eigenvalue weighted by atomic mass is 9.97. The number of hydrogen-bond acceptors (Lipinski definition) is 2. The van der Waals surface area contributed by atoms with E-state index in [4.69, 9.17) is 0 Å². The molecule has 1 saturated heterocycles.